The number of alkyl halides is 4. The van der Waals surface area contributed by atoms with E-state index >= 15 is 0 Å². The first kappa shape index (κ1) is 15.4. The second kappa shape index (κ2) is 6.21. The minimum absolute atomic E-state index is 0.00323. The molecule has 0 saturated carbocycles. The summed E-state index contributed by atoms with van der Waals surface area (Å²) in [5.74, 6) is -3.44. The van der Waals surface area contributed by atoms with Gasteiger partial charge in [-0.3, -0.25) is 4.79 Å². The normalized spacial score (nSPS) is 14.1. The maximum atomic E-state index is 12.7. The van der Waals surface area contributed by atoms with Crippen LogP contribution in [0.5, 0.6) is 0 Å². The number of Topliss-reactive ketones (excluding diaryl/α,β-unsaturated/α-hetero) is 1. The van der Waals surface area contributed by atoms with Crippen molar-refractivity contribution in [3.05, 3.63) is 11.8 Å². The lowest BCUT2D eigenvalue weighted by Crippen LogP contribution is -2.35. The molecule has 0 N–H and O–H groups in total. The molecule has 0 saturated heterocycles. The van der Waals surface area contributed by atoms with E-state index < -0.39 is 29.7 Å². The van der Waals surface area contributed by atoms with Gasteiger partial charge in [0.2, 0.25) is 5.78 Å². The van der Waals surface area contributed by atoms with E-state index in [9.17, 15) is 27.2 Å². The number of ketones is 1. The van der Waals surface area contributed by atoms with Gasteiger partial charge in [0.1, 0.15) is 11.8 Å². The zero-order valence-electron chi connectivity index (χ0n) is 9.01. The summed E-state index contributed by atoms with van der Waals surface area (Å²) >= 11 is 0. The summed E-state index contributed by atoms with van der Waals surface area (Å²) < 4.78 is 57.0. The van der Waals surface area contributed by atoms with Crippen LogP contribution in [0.4, 0.5) is 17.6 Å². The van der Waals surface area contributed by atoms with E-state index in [0.717, 1.165) is 7.11 Å². The van der Waals surface area contributed by atoms with Crippen molar-refractivity contribution in [3.8, 4) is 0 Å². The van der Waals surface area contributed by atoms with Gasteiger partial charge in [-0.1, -0.05) is 0 Å². The number of ether oxygens (including phenoxy) is 2. The quantitative estimate of drug-likeness (QED) is 0.187. The highest BCUT2D eigenvalue weighted by molar-refractivity contribution is 6.18. The number of rotatable bonds is 5. The van der Waals surface area contributed by atoms with Crippen LogP contribution in [0.3, 0.4) is 0 Å². The fourth-order valence-electron chi connectivity index (χ4n) is 0.769. The molecule has 98 valence electrons. The second-order valence-electron chi connectivity index (χ2n) is 2.75. The van der Waals surface area contributed by atoms with Gasteiger partial charge in [0.25, 0.3) is 6.17 Å². The molecule has 0 fully saturated rings. The molecule has 17 heavy (non-hydrogen) atoms. The van der Waals surface area contributed by atoms with Crippen LogP contribution in [0.25, 0.3) is 0 Å². The van der Waals surface area contributed by atoms with Crippen LogP contribution in [-0.4, -0.2) is 37.8 Å². The molecule has 0 aliphatic rings. The van der Waals surface area contributed by atoms with Crippen LogP contribution in [0.2, 0.25) is 0 Å². The van der Waals surface area contributed by atoms with Crippen LogP contribution < -0.4 is 0 Å². The van der Waals surface area contributed by atoms with Crippen LogP contribution in [0.15, 0.2) is 11.8 Å². The molecule has 0 heterocycles. The third-order valence-electron chi connectivity index (χ3n) is 1.56. The summed E-state index contributed by atoms with van der Waals surface area (Å²) in [6, 6.07) is 0. The zero-order valence-corrected chi connectivity index (χ0v) is 9.01. The summed E-state index contributed by atoms with van der Waals surface area (Å²) in [6.45, 7) is 1.46. The SMILES string of the molecule is CCOC=C(C(=O)OC)C(=O)C(F)C(F)(F)F. The van der Waals surface area contributed by atoms with Crippen molar-refractivity contribution in [1.82, 2.24) is 0 Å². The van der Waals surface area contributed by atoms with Crippen LogP contribution >= 0.6 is 0 Å². The van der Waals surface area contributed by atoms with Gasteiger partial charge in [-0.25, -0.2) is 9.18 Å². The molecule has 0 aromatic rings. The number of methoxy groups -OCH3 is 1. The number of carbonyl (C=O) groups is 2. The number of halogens is 4. The smallest absolute Gasteiger partial charge is 0.427 e. The molecular weight excluding hydrogens is 248 g/mol. The maximum Gasteiger partial charge on any atom is 0.427 e. The molecule has 0 aliphatic carbocycles. The Morgan fingerprint density at radius 3 is 2.24 bits per heavy atom. The Kier molecular flexibility index (Phi) is 5.63. The Morgan fingerprint density at radius 2 is 1.88 bits per heavy atom. The molecule has 0 bridgehead atoms. The lowest BCUT2D eigenvalue weighted by molar-refractivity contribution is -0.183. The predicted molar refractivity (Wildman–Crippen MR) is 47.7 cm³/mol. The molecule has 4 nitrogen and oxygen atoms in total. The number of hydrogen-bond acceptors (Lipinski definition) is 4. The molecule has 0 radical (unpaired) electrons. The van der Waals surface area contributed by atoms with E-state index in [1.807, 2.05) is 0 Å². The number of hydrogen-bond donors (Lipinski definition) is 0. The van der Waals surface area contributed by atoms with E-state index in [0.29, 0.717) is 6.26 Å². The minimum Gasteiger partial charge on any atom is -0.500 e. The van der Waals surface area contributed by atoms with Crippen molar-refractivity contribution in [2.75, 3.05) is 13.7 Å². The zero-order chi connectivity index (χ0) is 13.6. The lowest BCUT2D eigenvalue weighted by atomic mass is 10.1. The highest BCUT2D eigenvalue weighted by Crippen LogP contribution is 2.25. The molecule has 8 heteroatoms. The average molecular weight is 258 g/mol. The molecule has 0 aliphatic heterocycles. The van der Waals surface area contributed by atoms with E-state index in [4.69, 9.17) is 0 Å². The van der Waals surface area contributed by atoms with E-state index in [1.54, 1.807) is 0 Å². The monoisotopic (exact) mass is 258 g/mol. The Morgan fingerprint density at radius 1 is 1.35 bits per heavy atom. The summed E-state index contributed by atoms with van der Waals surface area (Å²) in [4.78, 5) is 22.0. The first-order valence-electron chi connectivity index (χ1n) is 4.40. The summed E-state index contributed by atoms with van der Waals surface area (Å²) in [6.07, 6.45) is -8.71. The molecule has 0 amide bonds. The Hall–Kier alpha value is -1.60. The molecule has 1 unspecified atom stereocenters. The molecule has 0 spiro atoms. The summed E-state index contributed by atoms with van der Waals surface area (Å²) in [7, 11) is 0.843. The van der Waals surface area contributed by atoms with Gasteiger partial charge in [0.15, 0.2) is 0 Å². The largest absolute Gasteiger partial charge is 0.500 e. The van der Waals surface area contributed by atoms with Gasteiger partial charge in [0, 0.05) is 0 Å². The van der Waals surface area contributed by atoms with Crippen LogP contribution in [0.1, 0.15) is 6.92 Å². The fraction of sp³-hybridized carbons (Fsp3) is 0.556. The van der Waals surface area contributed by atoms with Crippen molar-refractivity contribution >= 4 is 11.8 Å². The summed E-state index contributed by atoms with van der Waals surface area (Å²) in [5, 5.41) is 0. The van der Waals surface area contributed by atoms with Crippen LogP contribution in [-0.2, 0) is 19.1 Å². The number of carbonyl (C=O) groups excluding carboxylic acids is 2. The highest BCUT2D eigenvalue weighted by atomic mass is 19.4. The standard InChI is InChI=1S/C9H10F4O4/c1-3-17-4-5(8(15)16-2)6(14)7(10)9(11,12)13/h4,7H,3H2,1-2H3. The van der Waals surface area contributed by atoms with Crippen molar-refractivity contribution in [3.63, 3.8) is 0 Å². The van der Waals surface area contributed by atoms with Gasteiger partial charge in [0.05, 0.1) is 13.7 Å². The highest BCUT2D eigenvalue weighted by Gasteiger charge is 2.47. The molecule has 0 aromatic carbocycles. The van der Waals surface area contributed by atoms with Gasteiger partial charge in [-0.2, -0.15) is 13.2 Å². The number of esters is 1. The fourth-order valence-corrected chi connectivity index (χ4v) is 0.769. The third-order valence-corrected chi connectivity index (χ3v) is 1.56. The van der Waals surface area contributed by atoms with Crippen molar-refractivity contribution in [2.45, 2.75) is 19.3 Å². The topological polar surface area (TPSA) is 52.6 Å². The molecule has 0 aromatic heterocycles. The predicted octanol–water partition coefficient (Wildman–Crippen LogP) is 1.55. The van der Waals surface area contributed by atoms with E-state index in [-0.39, 0.29) is 6.61 Å². The van der Waals surface area contributed by atoms with E-state index in [1.165, 1.54) is 6.92 Å². The van der Waals surface area contributed by atoms with E-state index in [2.05, 4.69) is 9.47 Å². The Balaban J connectivity index is 5.08. The summed E-state index contributed by atoms with van der Waals surface area (Å²) in [5.41, 5.74) is -1.13. The molecule has 0 rings (SSSR count). The molecule has 1 atom stereocenters. The van der Waals surface area contributed by atoms with Crippen molar-refractivity contribution < 1.29 is 36.6 Å². The first-order valence-corrected chi connectivity index (χ1v) is 4.40. The Labute approximate surface area is 94.2 Å². The van der Waals surface area contributed by atoms with Gasteiger partial charge >= 0.3 is 12.1 Å². The molecular formula is C9H10F4O4. The van der Waals surface area contributed by atoms with Gasteiger partial charge in [-0.05, 0) is 6.92 Å². The Bertz CT molecular complexity index is 321. The van der Waals surface area contributed by atoms with Crippen LogP contribution in [0, 0.1) is 0 Å². The third kappa shape index (κ3) is 4.41. The van der Waals surface area contributed by atoms with Gasteiger partial charge in [-0.15, -0.1) is 0 Å². The van der Waals surface area contributed by atoms with Gasteiger partial charge < -0.3 is 9.47 Å². The minimum atomic E-state index is -5.38. The maximum absolute atomic E-state index is 12.7. The average Bonchev–Trinajstić information content (AvgIpc) is 2.26. The first-order chi connectivity index (χ1) is 7.75. The van der Waals surface area contributed by atoms with Crippen molar-refractivity contribution in [1.29, 1.82) is 0 Å². The second-order valence-corrected chi connectivity index (χ2v) is 2.75. The van der Waals surface area contributed by atoms with Crippen molar-refractivity contribution in [2.24, 2.45) is 0 Å². The lowest BCUT2D eigenvalue weighted by Gasteiger charge is -2.12.